The zero-order valence-corrected chi connectivity index (χ0v) is 11.1. The van der Waals surface area contributed by atoms with E-state index in [2.05, 4.69) is 5.32 Å². The Kier molecular flexibility index (Phi) is 4.02. The molecule has 0 radical (unpaired) electrons. The second kappa shape index (κ2) is 5.71. The number of ether oxygens (including phenoxy) is 1. The van der Waals surface area contributed by atoms with Crippen molar-refractivity contribution < 1.29 is 9.53 Å². The SMILES string of the molecule is CNC(=O)COc1c([C@@H](C)N)ccc2ccccc12. The van der Waals surface area contributed by atoms with Crippen molar-refractivity contribution in [3.63, 3.8) is 0 Å². The molecule has 1 amide bonds. The lowest BCUT2D eigenvalue weighted by molar-refractivity contribution is -0.122. The highest BCUT2D eigenvalue weighted by molar-refractivity contribution is 5.90. The molecular formula is C15H18N2O2. The summed E-state index contributed by atoms with van der Waals surface area (Å²) in [6, 6.07) is 11.7. The van der Waals surface area contributed by atoms with Gasteiger partial charge in [0.15, 0.2) is 6.61 Å². The number of hydrogen-bond acceptors (Lipinski definition) is 3. The normalized spacial score (nSPS) is 12.2. The van der Waals surface area contributed by atoms with E-state index in [1.54, 1.807) is 7.05 Å². The molecule has 2 rings (SSSR count). The van der Waals surface area contributed by atoms with Gasteiger partial charge in [-0.3, -0.25) is 4.79 Å². The van der Waals surface area contributed by atoms with Crippen LogP contribution in [0.2, 0.25) is 0 Å². The van der Waals surface area contributed by atoms with Crippen LogP contribution in [0, 0.1) is 0 Å². The zero-order valence-electron chi connectivity index (χ0n) is 11.1. The first-order valence-electron chi connectivity index (χ1n) is 6.24. The maximum Gasteiger partial charge on any atom is 0.257 e. The molecule has 4 nitrogen and oxygen atoms in total. The average Bonchev–Trinajstić information content (AvgIpc) is 2.43. The van der Waals surface area contributed by atoms with E-state index in [9.17, 15) is 4.79 Å². The van der Waals surface area contributed by atoms with Crippen LogP contribution in [0.5, 0.6) is 5.75 Å². The third-order valence-corrected chi connectivity index (χ3v) is 3.03. The lowest BCUT2D eigenvalue weighted by Gasteiger charge is -2.16. The standard InChI is InChI=1S/C15H18N2O2/c1-10(16)12-8-7-11-5-3-4-6-13(11)15(12)19-9-14(18)17-2/h3-8,10H,9,16H2,1-2H3,(H,17,18)/t10-/m1/s1. The highest BCUT2D eigenvalue weighted by Crippen LogP contribution is 2.32. The van der Waals surface area contributed by atoms with Gasteiger partial charge in [-0.2, -0.15) is 0 Å². The van der Waals surface area contributed by atoms with Crippen molar-refractivity contribution in [3.05, 3.63) is 42.0 Å². The van der Waals surface area contributed by atoms with Crippen LogP contribution >= 0.6 is 0 Å². The van der Waals surface area contributed by atoms with E-state index in [0.29, 0.717) is 5.75 Å². The molecule has 0 aliphatic rings. The Morgan fingerprint density at radius 1 is 1.32 bits per heavy atom. The summed E-state index contributed by atoms with van der Waals surface area (Å²) in [6.45, 7) is 1.89. The predicted octanol–water partition coefficient (Wildman–Crippen LogP) is 1.98. The lowest BCUT2D eigenvalue weighted by atomic mass is 10.0. The van der Waals surface area contributed by atoms with E-state index >= 15 is 0 Å². The summed E-state index contributed by atoms with van der Waals surface area (Å²) < 4.78 is 5.67. The minimum Gasteiger partial charge on any atom is -0.483 e. The van der Waals surface area contributed by atoms with E-state index in [1.807, 2.05) is 43.3 Å². The third kappa shape index (κ3) is 2.85. The fourth-order valence-corrected chi connectivity index (χ4v) is 1.99. The van der Waals surface area contributed by atoms with Crippen LogP contribution in [0.15, 0.2) is 36.4 Å². The second-order valence-electron chi connectivity index (χ2n) is 4.46. The monoisotopic (exact) mass is 258 g/mol. The van der Waals surface area contributed by atoms with Crippen LogP contribution in [-0.2, 0) is 4.79 Å². The van der Waals surface area contributed by atoms with Crippen molar-refractivity contribution in [2.24, 2.45) is 5.73 Å². The number of carbonyl (C=O) groups is 1. The summed E-state index contributed by atoms with van der Waals surface area (Å²) in [5.74, 6) is 0.528. The summed E-state index contributed by atoms with van der Waals surface area (Å²) in [6.07, 6.45) is 0. The summed E-state index contributed by atoms with van der Waals surface area (Å²) in [4.78, 5) is 11.3. The van der Waals surface area contributed by atoms with Crippen molar-refractivity contribution in [2.75, 3.05) is 13.7 Å². The smallest absolute Gasteiger partial charge is 0.257 e. The van der Waals surface area contributed by atoms with Crippen LogP contribution in [0.3, 0.4) is 0 Å². The van der Waals surface area contributed by atoms with Gasteiger partial charge in [-0.1, -0.05) is 36.4 Å². The van der Waals surface area contributed by atoms with Crippen molar-refractivity contribution in [2.45, 2.75) is 13.0 Å². The zero-order chi connectivity index (χ0) is 13.8. The molecule has 0 spiro atoms. The molecule has 100 valence electrons. The molecular weight excluding hydrogens is 240 g/mol. The second-order valence-corrected chi connectivity index (χ2v) is 4.46. The molecule has 1 atom stereocenters. The summed E-state index contributed by atoms with van der Waals surface area (Å²) in [5, 5.41) is 4.58. The molecule has 0 saturated heterocycles. The van der Waals surface area contributed by atoms with Gasteiger partial charge >= 0.3 is 0 Å². The van der Waals surface area contributed by atoms with Crippen LogP contribution in [0.4, 0.5) is 0 Å². The molecule has 3 N–H and O–H groups in total. The summed E-state index contributed by atoms with van der Waals surface area (Å²) >= 11 is 0. The van der Waals surface area contributed by atoms with Gasteiger partial charge in [0.05, 0.1) is 0 Å². The van der Waals surface area contributed by atoms with E-state index in [1.165, 1.54) is 0 Å². The number of nitrogens with two attached hydrogens (primary N) is 1. The molecule has 0 saturated carbocycles. The molecule has 2 aromatic carbocycles. The topological polar surface area (TPSA) is 64.3 Å². The third-order valence-electron chi connectivity index (χ3n) is 3.03. The van der Waals surface area contributed by atoms with Crippen molar-refractivity contribution in [1.82, 2.24) is 5.32 Å². The van der Waals surface area contributed by atoms with Gasteiger partial charge in [0.1, 0.15) is 5.75 Å². The Balaban J connectivity index is 2.46. The maximum atomic E-state index is 11.3. The highest BCUT2D eigenvalue weighted by Gasteiger charge is 2.13. The van der Waals surface area contributed by atoms with Crippen molar-refractivity contribution in [3.8, 4) is 5.75 Å². The molecule has 2 aromatic rings. The van der Waals surface area contributed by atoms with Crippen LogP contribution < -0.4 is 15.8 Å². The molecule has 0 heterocycles. The summed E-state index contributed by atoms with van der Waals surface area (Å²) in [7, 11) is 1.58. The minimum atomic E-state index is -0.163. The summed E-state index contributed by atoms with van der Waals surface area (Å²) in [5.41, 5.74) is 6.87. The van der Waals surface area contributed by atoms with E-state index in [-0.39, 0.29) is 18.6 Å². The number of benzene rings is 2. The lowest BCUT2D eigenvalue weighted by Crippen LogP contribution is -2.25. The Morgan fingerprint density at radius 3 is 2.74 bits per heavy atom. The van der Waals surface area contributed by atoms with Gasteiger partial charge in [-0.25, -0.2) is 0 Å². The Labute approximate surface area is 112 Å². The fourth-order valence-electron chi connectivity index (χ4n) is 1.99. The molecule has 0 unspecified atom stereocenters. The van der Waals surface area contributed by atoms with Gasteiger partial charge in [-0.15, -0.1) is 0 Å². The molecule has 0 aromatic heterocycles. The number of rotatable bonds is 4. The van der Waals surface area contributed by atoms with E-state index in [0.717, 1.165) is 16.3 Å². The van der Waals surface area contributed by atoms with Gasteiger partial charge in [0.2, 0.25) is 0 Å². The van der Waals surface area contributed by atoms with Gasteiger partial charge < -0.3 is 15.8 Å². The number of amides is 1. The molecule has 0 aliphatic carbocycles. The number of carbonyl (C=O) groups excluding carboxylic acids is 1. The van der Waals surface area contributed by atoms with Crippen LogP contribution in [-0.4, -0.2) is 19.6 Å². The van der Waals surface area contributed by atoms with Crippen molar-refractivity contribution in [1.29, 1.82) is 0 Å². The molecule has 0 bridgehead atoms. The quantitative estimate of drug-likeness (QED) is 0.881. The van der Waals surface area contributed by atoms with Crippen molar-refractivity contribution >= 4 is 16.7 Å². The van der Waals surface area contributed by atoms with Crippen LogP contribution in [0.1, 0.15) is 18.5 Å². The molecule has 0 fully saturated rings. The number of fused-ring (bicyclic) bond motifs is 1. The first kappa shape index (κ1) is 13.4. The number of likely N-dealkylation sites (N-methyl/N-ethyl adjacent to an activating group) is 1. The van der Waals surface area contributed by atoms with E-state index in [4.69, 9.17) is 10.5 Å². The predicted molar refractivity (Wildman–Crippen MR) is 76.1 cm³/mol. The van der Waals surface area contributed by atoms with Crippen LogP contribution in [0.25, 0.3) is 10.8 Å². The van der Waals surface area contributed by atoms with Gasteiger partial charge in [-0.05, 0) is 12.3 Å². The maximum absolute atomic E-state index is 11.3. The Bertz CT molecular complexity index is 594. The van der Waals surface area contributed by atoms with Gasteiger partial charge in [0, 0.05) is 24.0 Å². The molecule has 4 heteroatoms. The number of hydrogen-bond donors (Lipinski definition) is 2. The highest BCUT2D eigenvalue weighted by atomic mass is 16.5. The molecule has 19 heavy (non-hydrogen) atoms. The number of nitrogens with one attached hydrogen (secondary N) is 1. The Morgan fingerprint density at radius 2 is 2.05 bits per heavy atom. The first-order chi connectivity index (χ1) is 9.13. The fraction of sp³-hybridized carbons (Fsp3) is 0.267. The molecule has 0 aliphatic heterocycles. The first-order valence-corrected chi connectivity index (χ1v) is 6.24. The average molecular weight is 258 g/mol. The Hall–Kier alpha value is -2.07. The minimum absolute atomic E-state index is 0.00969. The largest absolute Gasteiger partial charge is 0.483 e. The van der Waals surface area contributed by atoms with Gasteiger partial charge in [0.25, 0.3) is 5.91 Å². The van der Waals surface area contributed by atoms with E-state index < -0.39 is 0 Å².